The highest BCUT2D eigenvalue weighted by molar-refractivity contribution is 5.58. The Morgan fingerprint density at radius 3 is 2.87 bits per heavy atom. The van der Waals surface area contributed by atoms with Gasteiger partial charge in [0.15, 0.2) is 5.69 Å². The van der Waals surface area contributed by atoms with Crippen molar-refractivity contribution in [2.75, 3.05) is 18.0 Å². The molecule has 1 aromatic rings. The summed E-state index contributed by atoms with van der Waals surface area (Å²) in [4.78, 5) is 12.0. The van der Waals surface area contributed by atoms with Crippen molar-refractivity contribution in [1.29, 1.82) is 0 Å². The number of hydrogen-bond donors (Lipinski definition) is 2. The number of aromatic amines is 1. The molecule has 0 unspecified atom stereocenters. The molecule has 1 aliphatic heterocycles. The molecule has 0 amide bonds. The first-order valence-corrected chi connectivity index (χ1v) is 4.79. The summed E-state index contributed by atoms with van der Waals surface area (Å²) in [5.74, 6) is -0.0774. The zero-order chi connectivity index (χ0) is 10.8. The fourth-order valence-corrected chi connectivity index (χ4v) is 1.75. The lowest BCUT2D eigenvalue weighted by atomic mass is 10.1. The molecule has 0 aromatic carbocycles. The molecule has 2 rings (SSSR count). The van der Waals surface area contributed by atoms with Gasteiger partial charge in [0.05, 0.1) is 6.10 Å². The number of anilines is 1. The fraction of sp³-hybridized carbons (Fsp3) is 0.625. The molecule has 2 N–H and O–H groups in total. The van der Waals surface area contributed by atoms with Gasteiger partial charge < -0.3 is 20.1 Å². The lowest BCUT2D eigenvalue weighted by molar-refractivity contribution is -0.388. The van der Waals surface area contributed by atoms with Crippen LogP contribution in [0.2, 0.25) is 0 Å². The van der Waals surface area contributed by atoms with Crippen LogP contribution in [0.15, 0.2) is 6.20 Å². The predicted molar refractivity (Wildman–Crippen MR) is 52.7 cm³/mol. The first kappa shape index (κ1) is 9.91. The van der Waals surface area contributed by atoms with Crippen molar-refractivity contribution in [3.63, 3.8) is 0 Å². The van der Waals surface area contributed by atoms with Gasteiger partial charge >= 0.3 is 5.82 Å². The van der Waals surface area contributed by atoms with Crippen molar-refractivity contribution < 1.29 is 10.0 Å². The van der Waals surface area contributed by atoms with E-state index in [1.54, 1.807) is 0 Å². The summed E-state index contributed by atoms with van der Waals surface area (Å²) in [6, 6.07) is 0. The summed E-state index contributed by atoms with van der Waals surface area (Å²) in [6.45, 7) is 1.25. The first-order valence-electron chi connectivity index (χ1n) is 4.79. The summed E-state index contributed by atoms with van der Waals surface area (Å²) >= 11 is 0. The highest BCUT2D eigenvalue weighted by Gasteiger charge is 2.24. The number of nitro groups is 1. The van der Waals surface area contributed by atoms with E-state index in [2.05, 4.69) is 10.2 Å². The number of piperidine rings is 1. The number of nitrogens with zero attached hydrogens (tertiary/aromatic N) is 3. The topological polar surface area (TPSA) is 95.3 Å². The van der Waals surface area contributed by atoms with E-state index in [-0.39, 0.29) is 11.9 Å². The van der Waals surface area contributed by atoms with Gasteiger partial charge in [-0.1, -0.05) is 5.10 Å². The summed E-state index contributed by atoms with van der Waals surface area (Å²) < 4.78 is 0. The molecule has 0 bridgehead atoms. The maximum atomic E-state index is 10.6. The lowest BCUT2D eigenvalue weighted by Gasteiger charge is -2.29. The van der Waals surface area contributed by atoms with E-state index in [9.17, 15) is 15.2 Å². The van der Waals surface area contributed by atoms with E-state index in [4.69, 9.17) is 0 Å². The van der Waals surface area contributed by atoms with Crippen molar-refractivity contribution in [2.45, 2.75) is 18.9 Å². The number of H-pyrrole nitrogens is 1. The summed E-state index contributed by atoms with van der Waals surface area (Å²) in [7, 11) is 0. The van der Waals surface area contributed by atoms with Gasteiger partial charge in [-0.15, -0.1) is 5.10 Å². The van der Waals surface area contributed by atoms with Gasteiger partial charge in [0.1, 0.15) is 6.20 Å². The Morgan fingerprint density at radius 2 is 2.27 bits per heavy atom. The zero-order valence-corrected chi connectivity index (χ0v) is 8.09. The van der Waals surface area contributed by atoms with E-state index >= 15 is 0 Å². The standard InChI is InChI=1S/C8H12N4O3/c13-6-1-3-11(4-2-6)7-5-9-10-8(7)12(14)15/h5-6,13H,1-4H2,(H,9,10). The maximum absolute atomic E-state index is 10.6. The van der Waals surface area contributed by atoms with E-state index in [1.165, 1.54) is 6.20 Å². The van der Waals surface area contributed by atoms with Crippen LogP contribution in [0.3, 0.4) is 0 Å². The van der Waals surface area contributed by atoms with Crippen molar-refractivity contribution in [3.05, 3.63) is 16.3 Å². The van der Waals surface area contributed by atoms with E-state index in [1.807, 2.05) is 4.90 Å². The Bertz CT molecular complexity index is 357. The number of rotatable bonds is 2. The zero-order valence-electron chi connectivity index (χ0n) is 8.09. The van der Waals surface area contributed by atoms with Crippen LogP contribution in [0, 0.1) is 10.1 Å². The second kappa shape index (κ2) is 3.85. The van der Waals surface area contributed by atoms with Crippen LogP contribution in [0.25, 0.3) is 0 Å². The Labute approximate surface area is 85.9 Å². The molecule has 82 valence electrons. The second-order valence-electron chi connectivity index (χ2n) is 3.58. The smallest absolute Gasteiger partial charge is 0.366 e. The summed E-state index contributed by atoms with van der Waals surface area (Å²) in [6.07, 6.45) is 2.45. The third-order valence-corrected chi connectivity index (χ3v) is 2.59. The molecular formula is C8H12N4O3. The Balaban J connectivity index is 2.15. The van der Waals surface area contributed by atoms with Gasteiger partial charge in [-0.2, -0.15) is 0 Å². The molecule has 7 nitrogen and oxygen atoms in total. The molecule has 1 aliphatic rings. The van der Waals surface area contributed by atoms with Gasteiger partial charge in [0.2, 0.25) is 0 Å². The van der Waals surface area contributed by atoms with Gasteiger partial charge in [0, 0.05) is 13.1 Å². The summed E-state index contributed by atoms with van der Waals surface area (Å²) in [5, 5.41) is 26.0. The van der Waals surface area contributed by atoms with Crippen molar-refractivity contribution in [1.82, 2.24) is 10.2 Å². The average Bonchev–Trinajstić information content (AvgIpc) is 2.67. The molecular weight excluding hydrogens is 200 g/mol. The lowest BCUT2D eigenvalue weighted by Crippen LogP contribution is -2.35. The summed E-state index contributed by atoms with van der Waals surface area (Å²) in [5.41, 5.74) is 0.506. The van der Waals surface area contributed by atoms with Crippen LogP contribution in [0.5, 0.6) is 0 Å². The van der Waals surface area contributed by atoms with Gasteiger partial charge in [-0.25, -0.2) is 0 Å². The third-order valence-electron chi connectivity index (χ3n) is 2.59. The Kier molecular flexibility index (Phi) is 2.55. The average molecular weight is 212 g/mol. The van der Waals surface area contributed by atoms with Gasteiger partial charge in [-0.05, 0) is 17.8 Å². The first-order chi connectivity index (χ1) is 7.18. The number of hydrogen-bond acceptors (Lipinski definition) is 5. The minimum absolute atomic E-state index is 0.0774. The highest BCUT2D eigenvalue weighted by atomic mass is 16.6. The SMILES string of the molecule is O=[N+]([O-])c1[nH]ncc1N1CCC(O)CC1. The Hall–Kier alpha value is -1.63. The molecule has 15 heavy (non-hydrogen) atoms. The van der Waals surface area contributed by atoms with E-state index in [0.717, 1.165) is 0 Å². The van der Waals surface area contributed by atoms with E-state index < -0.39 is 4.92 Å². The number of aliphatic hydroxyl groups excluding tert-OH is 1. The molecule has 0 saturated carbocycles. The normalized spacial score (nSPS) is 18.1. The minimum atomic E-state index is -0.479. The fourth-order valence-electron chi connectivity index (χ4n) is 1.75. The minimum Gasteiger partial charge on any atom is -0.393 e. The van der Waals surface area contributed by atoms with Crippen LogP contribution in [-0.2, 0) is 0 Å². The largest absolute Gasteiger partial charge is 0.393 e. The molecule has 0 aliphatic carbocycles. The third kappa shape index (κ3) is 1.91. The van der Waals surface area contributed by atoms with E-state index in [0.29, 0.717) is 31.6 Å². The van der Waals surface area contributed by atoms with Crippen molar-refractivity contribution in [3.8, 4) is 0 Å². The van der Waals surface area contributed by atoms with Crippen LogP contribution < -0.4 is 4.90 Å². The van der Waals surface area contributed by atoms with Crippen molar-refractivity contribution >= 4 is 11.5 Å². The van der Waals surface area contributed by atoms with Crippen LogP contribution >= 0.6 is 0 Å². The van der Waals surface area contributed by atoms with Gasteiger partial charge in [-0.3, -0.25) is 0 Å². The maximum Gasteiger partial charge on any atom is 0.366 e. The highest BCUT2D eigenvalue weighted by Crippen LogP contribution is 2.27. The number of nitrogens with one attached hydrogen (secondary N) is 1. The quantitative estimate of drug-likeness (QED) is 0.542. The Morgan fingerprint density at radius 1 is 1.60 bits per heavy atom. The number of aromatic nitrogens is 2. The molecule has 1 saturated heterocycles. The molecule has 1 aromatic heterocycles. The monoisotopic (exact) mass is 212 g/mol. The molecule has 0 radical (unpaired) electrons. The number of aliphatic hydroxyl groups is 1. The van der Waals surface area contributed by atoms with Crippen molar-refractivity contribution in [2.24, 2.45) is 0 Å². The molecule has 2 heterocycles. The molecule has 0 spiro atoms. The van der Waals surface area contributed by atoms with Gasteiger partial charge in [0.25, 0.3) is 0 Å². The van der Waals surface area contributed by atoms with Crippen LogP contribution in [-0.4, -0.2) is 39.4 Å². The molecule has 0 atom stereocenters. The van der Waals surface area contributed by atoms with Crippen LogP contribution in [0.1, 0.15) is 12.8 Å². The molecule has 1 fully saturated rings. The second-order valence-corrected chi connectivity index (χ2v) is 3.58. The predicted octanol–water partition coefficient (Wildman–Crippen LogP) is 0.279. The van der Waals surface area contributed by atoms with Crippen LogP contribution in [0.4, 0.5) is 11.5 Å². The molecule has 7 heteroatoms.